The van der Waals surface area contributed by atoms with Gasteiger partial charge in [0, 0.05) is 33.5 Å². The molecule has 0 fully saturated rings. The fourth-order valence-electron chi connectivity index (χ4n) is 2.50. The Morgan fingerprint density at radius 1 is 0.774 bits per heavy atom. The van der Waals surface area contributed by atoms with Crippen molar-refractivity contribution >= 4 is 29.6 Å². The molecule has 178 valence electrons. The van der Waals surface area contributed by atoms with Crippen LogP contribution in [-0.2, 0) is 24.0 Å². The predicted molar refractivity (Wildman–Crippen MR) is 105 cm³/mol. The summed E-state index contributed by atoms with van der Waals surface area (Å²) in [5, 5.41) is 43.7. The first-order valence-electron chi connectivity index (χ1n) is 9.82. The van der Waals surface area contributed by atoms with Crippen molar-refractivity contribution in [2.45, 2.75) is 58.0 Å². The second-order valence-electron chi connectivity index (χ2n) is 7.08. The maximum atomic E-state index is 12.3. The van der Waals surface area contributed by atoms with E-state index in [-0.39, 0.29) is 32.6 Å². The number of aliphatic hydroxyl groups is 1. The van der Waals surface area contributed by atoms with Gasteiger partial charge in [-0.2, -0.15) is 0 Å². The van der Waals surface area contributed by atoms with Crippen LogP contribution >= 0.6 is 0 Å². The zero-order valence-electron chi connectivity index (χ0n) is 17.8. The molecule has 4 amide bonds. The summed E-state index contributed by atoms with van der Waals surface area (Å²) in [6.07, 6.45) is -0.0774. The van der Waals surface area contributed by atoms with E-state index in [0.717, 1.165) is 6.92 Å². The Kier molecular flexibility index (Phi) is 13.0. The molecule has 1 atom stereocenters. The minimum absolute atomic E-state index is 0.0318. The molecule has 0 saturated carbocycles. The van der Waals surface area contributed by atoms with Crippen LogP contribution in [0.2, 0.25) is 0 Å². The zero-order valence-corrected chi connectivity index (χ0v) is 17.8. The van der Waals surface area contributed by atoms with Gasteiger partial charge in [-0.05, 0) is 25.7 Å². The third-order valence-corrected chi connectivity index (χ3v) is 4.25. The van der Waals surface area contributed by atoms with Crippen molar-refractivity contribution in [1.29, 1.82) is 0 Å². The molecule has 6 N–H and O–H groups in total. The van der Waals surface area contributed by atoms with Crippen molar-refractivity contribution in [3.8, 4) is 0 Å². The lowest BCUT2D eigenvalue weighted by molar-refractivity contribution is -0.163. The van der Waals surface area contributed by atoms with Crippen LogP contribution in [0.25, 0.3) is 0 Å². The third kappa shape index (κ3) is 12.5. The molecule has 0 aliphatic rings. The molecule has 0 bridgehead atoms. The van der Waals surface area contributed by atoms with Gasteiger partial charge in [-0.25, -0.2) is 10.1 Å². The van der Waals surface area contributed by atoms with E-state index in [1.807, 2.05) is 0 Å². The first-order chi connectivity index (χ1) is 14.4. The topological polar surface area (TPSA) is 197 Å². The van der Waals surface area contributed by atoms with Crippen molar-refractivity contribution in [3.05, 3.63) is 0 Å². The molecule has 31 heavy (non-hydrogen) atoms. The summed E-state index contributed by atoms with van der Waals surface area (Å²) >= 11 is 0. The Morgan fingerprint density at radius 2 is 1.29 bits per heavy atom. The standard InChI is InChI=1S/C18H32N4O9/c1-13(23)21(30)9-5-3-4-7-20-17(28)18(29,12-16(26)27)11-15(25)19-8-6-10-22(31)14(2)24/h29-31H,3-12H2,1-2H3,(H,19,25)(H,20,28)(H,26,27). The molecule has 0 heterocycles. The summed E-state index contributed by atoms with van der Waals surface area (Å²) in [4.78, 5) is 57.1. The Labute approximate surface area is 179 Å². The number of carbonyl (C=O) groups is 5. The number of rotatable bonds is 15. The van der Waals surface area contributed by atoms with E-state index in [1.54, 1.807) is 0 Å². The molecular formula is C18H32N4O9. The number of carbonyl (C=O) groups excluding carboxylic acids is 4. The minimum atomic E-state index is -2.45. The van der Waals surface area contributed by atoms with Gasteiger partial charge in [-0.3, -0.25) is 34.4 Å². The lowest BCUT2D eigenvalue weighted by Crippen LogP contribution is -2.51. The Bertz CT molecular complexity index is 644. The van der Waals surface area contributed by atoms with Gasteiger partial charge in [0.25, 0.3) is 5.91 Å². The highest BCUT2D eigenvalue weighted by Crippen LogP contribution is 2.16. The summed E-state index contributed by atoms with van der Waals surface area (Å²) < 4.78 is 0. The number of unbranched alkanes of at least 4 members (excludes halogenated alkanes) is 2. The van der Waals surface area contributed by atoms with Crippen LogP contribution in [0.5, 0.6) is 0 Å². The van der Waals surface area contributed by atoms with Crippen molar-refractivity contribution in [1.82, 2.24) is 20.8 Å². The van der Waals surface area contributed by atoms with E-state index in [4.69, 9.17) is 5.11 Å². The van der Waals surface area contributed by atoms with E-state index in [1.165, 1.54) is 6.92 Å². The van der Waals surface area contributed by atoms with Crippen LogP contribution in [0.1, 0.15) is 52.4 Å². The molecule has 0 aliphatic carbocycles. The molecule has 0 aromatic heterocycles. The first kappa shape index (κ1) is 28.2. The van der Waals surface area contributed by atoms with Crippen LogP contribution in [0.4, 0.5) is 0 Å². The highest BCUT2D eigenvalue weighted by molar-refractivity contribution is 5.94. The minimum Gasteiger partial charge on any atom is -0.481 e. The van der Waals surface area contributed by atoms with Gasteiger partial charge in [-0.1, -0.05) is 0 Å². The van der Waals surface area contributed by atoms with Gasteiger partial charge in [0.2, 0.25) is 17.7 Å². The SMILES string of the molecule is CC(=O)N(O)CCCCCNC(=O)C(O)(CC(=O)O)CC(=O)NCCCN(O)C(C)=O. The van der Waals surface area contributed by atoms with Crippen LogP contribution < -0.4 is 10.6 Å². The lowest BCUT2D eigenvalue weighted by atomic mass is 9.93. The van der Waals surface area contributed by atoms with E-state index >= 15 is 0 Å². The maximum Gasteiger partial charge on any atom is 0.306 e. The van der Waals surface area contributed by atoms with E-state index < -0.39 is 48.0 Å². The summed E-state index contributed by atoms with van der Waals surface area (Å²) in [5.41, 5.74) is -2.45. The van der Waals surface area contributed by atoms with Crippen molar-refractivity contribution in [2.24, 2.45) is 0 Å². The molecular weight excluding hydrogens is 416 g/mol. The number of hydroxylamine groups is 4. The summed E-state index contributed by atoms with van der Waals surface area (Å²) in [6.45, 7) is 2.62. The average molecular weight is 448 g/mol. The molecule has 0 spiro atoms. The van der Waals surface area contributed by atoms with Crippen molar-refractivity contribution < 1.29 is 44.6 Å². The summed E-state index contributed by atoms with van der Waals surface area (Å²) in [5.74, 6) is -4.28. The number of carboxylic acids is 1. The van der Waals surface area contributed by atoms with Gasteiger partial charge < -0.3 is 20.8 Å². The fraction of sp³-hybridized carbons (Fsp3) is 0.722. The Balaban J connectivity index is 4.47. The summed E-state index contributed by atoms with van der Waals surface area (Å²) in [7, 11) is 0. The fourth-order valence-corrected chi connectivity index (χ4v) is 2.50. The van der Waals surface area contributed by atoms with Gasteiger partial charge in [0.1, 0.15) is 0 Å². The van der Waals surface area contributed by atoms with Gasteiger partial charge in [0.15, 0.2) is 5.60 Å². The van der Waals surface area contributed by atoms with Gasteiger partial charge in [-0.15, -0.1) is 0 Å². The molecule has 0 rings (SSSR count). The molecule has 0 radical (unpaired) electrons. The molecule has 0 aromatic rings. The number of hydrogen-bond acceptors (Lipinski definition) is 8. The molecule has 0 aliphatic heterocycles. The van der Waals surface area contributed by atoms with Crippen LogP contribution in [0.15, 0.2) is 0 Å². The van der Waals surface area contributed by atoms with E-state index in [9.17, 15) is 39.5 Å². The molecule has 0 aromatic carbocycles. The Morgan fingerprint density at radius 3 is 1.81 bits per heavy atom. The lowest BCUT2D eigenvalue weighted by Gasteiger charge is -2.25. The number of nitrogens with zero attached hydrogens (tertiary/aromatic N) is 2. The third-order valence-electron chi connectivity index (χ3n) is 4.25. The van der Waals surface area contributed by atoms with E-state index in [2.05, 4.69) is 10.6 Å². The van der Waals surface area contributed by atoms with Crippen LogP contribution in [-0.4, -0.2) is 92.1 Å². The second kappa shape index (κ2) is 14.3. The largest absolute Gasteiger partial charge is 0.481 e. The molecule has 0 saturated heterocycles. The molecule has 1 unspecified atom stereocenters. The number of nitrogens with one attached hydrogen (secondary N) is 2. The Hall–Kier alpha value is -2.77. The molecule has 13 nitrogen and oxygen atoms in total. The highest BCUT2D eigenvalue weighted by atomic mass is 16.5. The number of aliphatic carboxylic acids is 1. The monoisotopic (exact) mass is 448 g/mol. The quantitative estimate of drug-likeness (QED) is 0.102. The second-order valence-corrected chi connectivity index (χ2v) is 7.08. The van der Waals surface area contributed by atoms with Gasteiger partial charge >= 0.3 is 5.97 Å². The van der Waals surface area contributed by atoms with Crippen molar-refractivity contribution in [2.75, 3.05) is 26.2 Å². The normalized spacial score (nSPS) is 12.4. The summed E-state index contributed by atoms with van der Waals surface area (Å²) in [6, 6.07) is 0. The number of hydrogen-bond donors (Lipinski definition) is 6. The molecule has 13 heteroatoms. The van der Waals surface area contributed by atoms with Crippen molar-refractivity contribution in [3.63, 3.8) is 0 Å². The smallest absolute Gasteiger partial charge is 0.306 e. The van der Waals surface area contributed by atoms with Gasteiger partial charge in [0.05, 0.1) is 19.4 Å². The zero-order chi connectivity index (χ0) is 24.0. The van der Waals surface area contributed by atoms with E-state index in [0.29, 0.717) is 29.4 Å². The first-order valence-corrected chi connectivity index (χ1v) is 9.82. The maximum absolute atomic E-state index is 12.3. The average Bonchev–Trinajstić information content (AvgIpc) is 2.66. The van der Waals surface area contributed by atoms with Crippen LogP contribution in [0, 0.1) is 0 Å². The van der Waals surface area contributed by atoms with Crippen LogP contribution in [0.3, 0.4) is 0 Å². The highest BCUT2D eigenvalue weighted by Gasteiger charge is 2.40. The number of carboxylic acid groups (broad SMARTS) is 1. The predicted octanol–water partition coefficient (Wildman–Crippen LogP) is -1.15. The number of amides is 4.